The minimum atomic E-state index is -3.76. The summed E-state index contributed by atoms with van der Waals surface area (Å²) in [6.07, 6.45) is -0.764. The molecule has 2 aromatic carbocycles. The number of fused-ring (bicyclic) bond motifs is 1. The molecule has 9 heteroatoms. The fourth-order valence-electron chi connectivity index (χ4n) is 2.89. The van der Waals surface area contributed by atoms with E-state index < -0.39 is 21.8 Å². The zero-order valence-electron chi connectivity index (χ0n) is 16.5. The van der Waals surface area contributed by atoms with Gasteiger partial charge in [-0.1, -0.05) is 30.3 Å². The van der Waals surface area contributed by atoms with Crippen molar-refractivity contribution in [3.8, 4) is 0 Å². The maximum Gasteiger partial charge on any atom is 0.191 e. The molecule has 160 valence electrons. The SMILES string of the molecule is CCNC(=NCC(O)c1cc2ccccc2s1)NCCS(=O)(=O)c1ccccc1F. The van der Waals surface area contributed by atoms with Crippen molar-refractivity contribution in [1.29, 1.82) is 0 Å². The Hall–Kier alpha value is -2.49. The van der Waals surface area contributed by atoms with E-state index in [1.807, 2.05) is 37.3 Å². The number of sulfone groups is 1. The van der Waals surface area contributed by atoms with Gasteiger partial charge >= 0.3 is 0 Å². The summed E-state index contributed by atoms with van der Waals surface area (Å²) in [5.74, 6) is -0.650. The number of hydrogen-bond donors (Lipinski definition) is 3. The van der Waals surface area contributed by atoms with Gasteiger partial charge in [-0.05, 0) is 36.6 Å². The number of guanidine groups is 1. The molecule has 0 aliphatic rings. The molecular weight excluding hydrogens is 425 g/mol. The van der Waals surface area contributed by atoms with Crippen molar-refractivity contribution >= 4 is 37.2 Å². The lowest BCUT2D eigenvalue weighted by Gasteiger charge is -2.13. The fourth-order valence-corrected chi connectivity index (χ4v) is 5.17. The molecule has 0 fully saturated rings. The molecule has 3 rings (SSSR count). The Balaban J connectivity index is 1.61. The van der Waals surface area contributed by atoms with Crippen molar-refractivity contribution in [2.45, 2.75) is 17.9 Å². The van der Waals surface area contributed by atoms with Gasteiger partial charge in [0, 0.05) is 22.7 Å². The van der Waals surface area contributed by atoms with Gasteiger partial charge in [0.2, 0.25) is 0 Å². The minimum Gasteiger partial charge on any atom is -0.386 e. The third-order valence-corrected chi connectivity index (χ3v) is 7.33. The predicted octanol–water partition coefficient (Wildman–Crippen LogP) is 3.10. The summed E-state index contributed by atoms with van der Waals surface area (Å²) in [5.41, 5.74) is 0. The Morgan fingerprint density at radius 2 is 1.90 bits per heavy atom. The highest BCUT2D eigenvalue weighted by atomic mass is 32.2. The zero-order valence-corrected chi connectivity index (χ0v) is 18.1. The van der Waals surface area contributed by atoms with Crippen LogP contribution in [0.3, 0.4) is 0 Å². The highest BCUT2D eigenvalue weighted by molar-refractivity contribution is 7.91. The number of nitrogens with zero attached hydrogens (tertiary/aromatic N) is 1. The van der Waals surface area contributed by atoms with Crippen LogP contribution in [0.1, 0.15) is 17.9 Å². The summed E-state index contributed by atoms with van der Waals surface area (Å²) < 4.78 is 39.6. The van der Waals surface area contributed by atoms with Gasteiger partial charge < -0.3 is 15.7 Å². The molecule has 30 heavy (non-hydrogen) atoms. The van der Waals surface area contributed by atoms with Crippen LogP contribution >= 0.6 is 11.3 Å². The normalized spacial score (nSPS) is 13.4. The largest absolute Gasteiger partial charge is 0.386 e. The van der Waals surface area contributed by atoms with Crippen LogP contribution in [-0.2, 0) is 9.84 Å². The van der Waals surface area contributed by atoms with Crippen LogP contribution < -0.4 is 10.6 Å². The third-order valence-electron chi connectivity index (χ3n) is 4.37. The number of aliphatic imine (C=N–C) groups is 1. The molecule has 0 saturated heterocycles. The van der Waals surface area contributed by atoms with E-state index in [1.54, 1.807) is 0 Å². The molecule has 6 nitrogen and oxygen atoms in total. The summed E-state index contributed by atoms with van der Waals surface area (Å²) in [5, 5.41) is 17.5. The number of nitrogens with one attached hydrogen (secondary N) is 2. The Kier molecular flexibility index (Phi) is 7.41. The number of aliphatic hydroxyl groups is 1. The van der Waals surface area contributed by atoms with Crippen molar-refractivity contribution in [1.82, 2.24) is 10.6 Å². The smallest absolute Gasteiger partial charge is 0.191 e. The van der Waals surface area contributed by atoms with Crippen molar-refractivity contribution in [2.75, 3.05) is 25.4 Å². The van der Waals surface area contributed by atoms with E-state index in [0.717, 1.165) is 21.0 Å². The summed E-state index contributed by atoms with van der Waals surface area (Å²) in [4.78, 5) is 4.86. The molecule has 0 aliphatic heterocycles. The van der Waals surface area contributed by atoms with E-state index in [1.165, 1.54) is 29.5 Å². The van der Waals surface area contributed by atoms with Gasteiger partial charge in [0.25, 0.3) is 0 Å². The van der Waals surface area contributed by atoms with Gasteiger partial charge in [-0.3, -0.25) is 4.99 Å². The molecule has 0 aliphatic carbocycles. The average molecular weight is 450 g/mol. The molecule has 1 aromatic heterocycles. The maximum atomic E-state index is 13.8. The Bertz CT molecular complexity index is 1100. The number of benzene rings is 2. The van der Waals surface area contributed by atoms with Crippen molar-refractivity contribution < 1.29 is 17.9 Å². The highest BCUT2D eigenvalue weighted by Crippen LogP contribution is 2.29. The van der Waals surface area contributed by atoms with Crippen LogP contribution in [0.25, 0.3) is 10.1 Å². The Labute approximate surface area is 179 Å². The molecule has 3 N–H and O–H groups in total. The minimum absolute atomic E-state index is 0.0570. The first-order valence-corrected chi connectivity index (χ1v) is 12.0. The molecule has 0 saturated carbocycles. The van der Waals surface area contributed by atoms with Crippen molar-refractivity contribution in [3.05, 3.63) is 65.3 Å². The van der Waals surface area contributed by atoms with Crippen LogP contribution in [0.15, 0.2) is 64.5 Å². The summed E-state index contributed by atoms with van der Waals surface area (Å²) in [6, 6.07) is 15.2. The second-order valence-electron chi connectivity index (χ2n) is 6.60. The van der Waals surface area contributed by atoms with E-state index in [9.17, 15) is 17.9 Å². The van der Waals surface area contributed by atoms with E-state index in [2.05, 4.69) is 15.6 Å². The van der Waals surface area contributed by atoms with Gasteiger partial charge in [-0.25, -0.2) is 12.8 Å². The predicted molar refractivity (Wildman–Crippen MR) is 119 cm³/mol. The van der Waals surface area contributed by atoms with Gasteiger partial charge in [-0.15, -0.1) is 11.3 Å². The number of thiophene rings is 1. The average Bonchev–Trinajstić information content (AvgIpc) is 3.16. The van der Waals surface area contributed by atoms with Crippen molar-refractivity contribution in [2.24, 2.45) is 4.99 Å². The van der Waals surface area contributed by atoms with Crippen molar-refractivity contribution in [3.63, 3.8) is 0 Å². The molecule has 3 aromatic rings. The number of aliphatic hydroxyl groups excluding tert-OH is 1. The summed E-state index contributed by atoms with van der Waals surface area (Å²) in [6.45, 7) is 2.64. The molecule has 0 radical (unpaired) electrons. The third kappa shape index (κ3) is 5.56. The maximum absolute atomic E-state index is 13.8. The van der Waals surface area contributed by atoms with Crippen LogP contribution in [-0.4, -0.2) is 44.9 Å². The number of halogens is 1. The Morgan fingerprint density at radius 1 is 1.17 bits per heavy atom. The van der Waals surface area contributed by atoms with Crippen LogP contribution in [0.5, 0.6) is 0 Å². The van der Waals surface area contributed by atoms with E-state index in [-0.39, 0.29) is 23.7 Å². The Morgan fingerprint density at radius 3 is 2.63 bits per heavy atom. The molecule has 0 spiro atoms. The van der Waals surface area contributed by atoms with Crippen LogP contribution in [0, 0.1) is 5.82 Å². The molecule has 0 amide bonds. The monoisotopic (exact) mass is 449 g/mol. The van der Waals surface area contributed by atoms with E-state index in [0.29, 0.717) is 12.5 Å². The second-order valence-corrected chi connectivity index (χ2v) is 9.79. The number of hydrogen-bond acceptors (Lipinski definition) is 5. The molecule has 1 atom stereocenters. The first kappa shape index (κ1) is 22.2. The van der Waals surface area contributed by atoms with Gasteiger partial charge in [-0.2, -0.15) is 0 Å². The summed E-state index contributed by atoms with van der Waals surface area (Å²) in [7, 11) is -3.76. The van der Waals surface area contributed by atoms with Gasteiger partial charge in [0.15, 0.2) is 15.8 Å². The lowest BCUT2D eigenvalue weighted by atomic mass is 10.2. The summed E-state index contributed by atoms with van der Waals surface area (Å²) >= 11 is 1.52. The van der Waals surface area contributed by atoms with Crippen LogP contribution in [0.4, 0.5) is 4.39 Å². The first-order valence-electron chi connectivity index (χ1n) is 9.56. The second kappa shape index (κ2) is 10.0. The lowest BCUT2D eigenvalue weighted by Crippen LogP contribution is -2.40. The number of rotatable bonds is 8. The van der Waals surface area contributed by atoms with Gasteiger partial charge in [0.05, 0.1) is 12.3 Å². The zero-order chi connectivity index (χ0) is 21.6. The fraction of sp³-hybridized carbons (Fsp3) is 0.286. The first-order chi connectivity index (χ1) is 14.4. The lowest BCUT2D eigenvalue weighted by molar-refractivity contribution is 0.191. The molecule has 1 heterocycles. The molecule has 0 bridgehead atoms. The van der Waals surface area contributed by atoms with Gasteiger partial charge in [0.1, 0.15) is 16.8 Å². The van der Waals surface area contributed by atoms with Crippen LogP contribution in [0.2, 0.25) is 0 Å². The molecular formula is C21H24FN3O3S2. The molecule has 1 unspecified atom stereocenters. The quantitative estimate of drug-likeness (QED) is 0.363. The standard InChI is InChI=1S/C21H24FN3O3S2/c1-2-23-21(24-11-12-30(27,28)20-10-6-4-8-16(20)22)25-14-17(26)19-13-15-7-3-5-9-18(15)29-19/h3-10,13,17,26H,2,11-12,14H2,1H3,(H2,23,24,25). The van der Waals surface area contributed by atoms with E-state index in [4.69, 9.17) is 0 Å². The highest BCUT2D eigenvalue weighted by Gasteiger charge is 2.18. The topological polar surface area (TPSA) is 90.8 Å². The van der Waals surface area contributed by atoms with E-state index >= 15 is 0 Å².